The second kappa shape index (κ2) is 5.49. The fourth-order valence-corrected chi connectivity index (χ4v) is 1.57. The van der Waals surface area contributed by atoms with E-state index in [2.05, 4.69) is 10.3 Å². The molecule has 0 atom stereocenters. The molecule has 0 spiro atoms. The van der Waals surface area contributed by atoms with Crippen LogP contribution in [0.2, 0.25) is 0 Å². The monoisotopic (exact) mass is 246 g/mol. The topological polar surface area (TPSA) is 34.1 Å². The summed E-state index contributed by atoms with van der Waals surface area (Å²) in [6.07, 6.45) is 0. The first-order chi connectivity index (χ1) is 8.69. The van der Waals surface area contributed by atoms with Crippen molar-refractivity contribution in [3.05, 3.63) is 53.5 Å². The highest BCUT2D eigenvalue weighted by Gasteiger charge is 2.01. The van der Waals surface area contributed by atoms with E-state index in [9.17, 15) is 4.39 Å². The largest absolute Gasteiger partial charge is 0.481 e. The average molecular weight is 246 g/mol. The van der Waals surface area contributed by atoms with Crippen LogP contribution in [-0.4, -0.2) is 12.1 Å². The van der Waals surface area contributed by atoms with Crippen LogP contribution in [0.3, 0.4) is 0 Å². The predicted molar refractivity (Wildman–Crippen MR) is 69.3 cm³/mol. The van der Waals surface area contributed by atoms with Crippen molar-refractivity contribution in [2.24, 2.45) is 0 Å². The molecule has 2 aromatic rings. The number of anilines is 1. The number of aromatic nitrogens is 1. The highest BCUT2D eigenvalue weighted by Crippen LogP contribution is 2.15. The van der Waals surface area contributed by atoms with Gasteiger partial charge in [0.2, 0.25) is 5.88 Å². The van der Waals surface area contributed by atoms with Crippen LogP contribution in [0.1, 0.15) is 11.3 Å². The molecule has 18 heavy (non-hydrogen) atoms. The van der Waals surface area contributed by atoms with E-state index < -0.39 is 0 Å². The molecule has 3 nitrogen and oxygen atoms in total. The first-order valence-electron chi connectivity index (χ1n) is 5.69. The lowest BCUT2D eigenvalue weighted by Gasteiger charge is -2.08. The molecule has 1 N–H and O–H groups in total. The van der Waals surface area contributed by atoms with Gasteiger partial charge in [-0.15, -0.1) is 0 Å². The Kier molecular flexibility index (Phi) is 3.77. The van der Waals surface area contributed by atoms with Gasteiger partial charge in [0.25, 0.3) is 0 Å². The maximum Gasteiger partial charge on any atom is 0.213 e. The van der Waals surface area contributed by atoms with Gasteiger partial charge in [-0.1, -0.05) is 12.1 Å². The maximum absolute atomic E-state index is 13.3. The van der Waals surface area contributed by atoms with Crippen molar-refractivity contribution in [3.63, 3.8) is 0 Å². The number of hydrogen-bond donors (Lipinski definition) is 1. The zero-order chi connectivity index (χ0) is 13.0. The molecule has 94 valence electrons. The Morgan fingerprint density at radius 2 is 2.11 bits per heavy atom. The summed E-state index contributed by atoms with van der Waals surface area (Å²) in [5.41, 5.74) is 2.22. The predicted octanol–water partition coefficient (Wildman–Crippen LogP) is 3.15. The number of nitrogens with zero attached hydrogens (tertiary/aromatic N) is 1. The van der Waals surface area contributed by atoms with E-state index in [4.69, 9.17) is 4.74 Å². The third kappa shape index (κ3) is 2.97. The van der Waals surface area contributed by atoms with Crippen molar-refractivity contribution in [2.45, 2.75) is 13.5 Å². The molecular weight excluding hydrogens is 231 g/mol. The number of rotatable bonds is 4. The Labute approximate surface area is 106 Å². The number of methoxy groups -OCH3 is 1. The fourth-order valence-electron chi connectivity index (χ4n) is 1.57. The van der Waals surface area contributed by atoms with Gasteiger partial charge in [0.1, 0.15) is 5.82 Å². The number of benzene rings is 1. The normalized spacial score (nSPS) is 10.2. The summed E-state index contributed by atoms with van der Waals surface area (Å²) >= 11 is 0. The minimum Gasteiger partial charge on any atom is -0.481 e. The van der Waals surface area contributed by atoms with Crippen molar-refractivity contribution in [1.29, 1.82) is 0 Å². The lowest BCUT2D eigenvalue weighted by atomic mass is 10.2. The van der Waals surface area contributed by atoms with Gasteiger partial charge in [-0.25, -0.2) is 9.37 Å². The summed E-state index contributed by atoms with van der Waals surface area (Å²) in [6, 6.07) is 10.6. The van der Waals surface area contributed by atoms with Gasteiger partial charge >= 0.3 is 0 Å². The Morgan fingerprint density at radius 1 is 1.28 bits per heavy atom. The number of pyridine rings is 1. The fraction of sp³-hybridized carbons (Fsp3) is 0.214. The smallest absolute Gasteiger partial charge is 0.213 e. The molecule has 0 unspecified atom stereocenters. The molecule has 0 aliphatic carbocycles. The zero-order valence-electron chi connectivity index (χ0n) is 10.4. The highest BCUT2D eigenvalue weighted by molar-refractivity contribution is 5.45. The molecular formula is C14H15FN2O. The lowest BCUT2D eigenvalue weighted by Crippen LogP contribution is -2.02. The van der Waals surface area contributed by atoms with Crippen LogP contribution in [-0.2, 0) is 6.54 Å². The molecule has 0 saturated carbocycles. The molecule has 4 heteroatoms. The molecule has 0 amide bonds. The van der Waals surface area contributed by atoms with Gasteiger partial charge in [-0.05, 0) is 30.7 Å². The van der Waals surface area contributed by atoms with Gasteiger partial charge in [0, 0.05) is 11.8 Å². The van der Waals surface area contributed by atoms with Gasteiger partial charge < -0.3 is 10.1 Å². The van der Waals surface area contributed by atoms with Crippen LogP contribution in [0.5, 0.6) is 5.88 Å². The maximum atomic E-state index is 13.3. The van der Waals surface area contributed by atoms with E-state index in [1.165, 1.54) is 6.07 Å². The summed E-state index contributed by atoms with van der Waals surface area (Å²) in [5.74, 6) is 0.364. The number of ether oxygens (including phenoxy) is 1. The van der Waals surface area contributed by atoms with Crippen LogP contribution in [0.15, 0.2) is 36.4 Å². The molecule has 0 fully saturated rings. The molecule has 0 saturated heterocycles. The number of halogens is 1. The van der Waals surface area contributed by atoms with E-state index in [-0.39, 0.29) is 5.82 Å². The van der Waals surface area contributed by atoms with Crippen LogP contribution >= 0.6 is 0 Å². The average Bonchev–Trinajstić information content (AvgIpc) is 2.40. The highest BCUT2D eigenvalue weighted by atomic mass is 19.1. The van der Waals surface area contributed by atoms with Gasteiger partial charge in [-0.2, -0.15) is 0 Å². The van der Waals surface area contributed by atoms with Gasteiger partial charge in [-0.3, -0.25) is 0 Å². The minimum absolute atomic E-state index is 0.210. The van der Waals surface area contributed by atoms with Crippen molar-refractivity contribution in [2.75, 3.05) is 12.4 Å². The third-order valence-electron chi connectivity index (χ3n) is 2.64. The molecule has 2 rings (SSSR count). The zero-order valence-corrected chi connectivity index (χ0v) is 10.4. The van der Waals surface area contributed by atoms with E-state index >= 15 is 0 Å². The van der Waals surface area contributed by atoms with Crippen LogP contribution < -0.4 is 10.1 Å². The first kappa shape index (κ1) is 12.4. The molecule has 0 radical (unpaired) electrons. The summed E-state index contributed by atoms with van der Waals surface area (Å²) in [4.78, 5) is 4.27. The first-order valence-corrected chi connectivity index (χ1v) is 5.69. The van der Waals surface area contributed by atoms with Crippen molar-refractivity contribution >= 4 is 5.69 Å². The van der Waals surface area contributed by atoms with Crippen LogP contribution in [0, 0.1) is 12.7 Å². The molecule has 0 aliphatic heterocycles. The van der Waals surface area contributed by atoms with Crippen molar-refractivity contribution in [1.82, 2.24) is 4.98 Å². The number of aryl methyl sites for hydroxylation is 1. The molecule has 1 aromatic carbocycles. The minimum atomic E-state index is -0.210. The van der Waals surface area contributed by atoms with E-state index in [1.807, 2.05) is 18.2 Å². The molecule has 0 aliphatic rings. The Hall–Kier alpha value is -2.10. The summed E-state index contributed by atoms with van der Waals surface area (Å²) < 4.78 is 18.4. The molecule has 1 heterocycles. The Bertz CT molecular complexity index is 543. The molecule has 0 bridgehead atoms. The number of hydrogen-bond acceptors (Lipinski definition) is 3. The third-order valence-corrected chi connectivity index (χ3v) is 2.64. The van der Waals surface area contributed by atoms with Crippen LogP contribution in [0.4, 0.5) is 10.1 Å². The van der Waals surface area contributed by atoms with E-state index in [1.54, 1.807) is 26.2 Å². The quantitative estimate of drug-likeness (QED) is 0.899. The van der Waals surface area contributed by atoms with Crippen LogP contribution in [0.25, 0.3) is 0 Å². The Morgan fingerprint density at radius 3 is 2.83 bits per heavy atom. The van der Waals surface area contributed by atoms with E-state index in [0.717, 1.165) is 11.4 Å². The SMILES string of the molecule is COc1cccc(CNc2ccc(C)c(F)c2)n1. The summed E-state index contributed by atoms with van der Waals surface area (Å²) in [5, 5.41) is 3.12. The summed E-state index contributed by atoms with van der Waals surface area (Å²) in [6.45, 7) is 2.27. The standard InChI is InChI=1S/C14H15FN2O/c1-10-6-7-11(8-13(10)15)16-9-12-4-3-5-14(17-12)18-2/h3-8,16H,9H2,1-2H3. The van der Waals surface area contributed by atoms with Crippen molar-refractivity contribution < 1.29 is 9.13 Å². The molecule has 1 aromatic heterocycles. The second-order valence-corrected chi connectivity index (χ2v) is 3.99. The van der Waals surface area contributed by atoms with E-state index in [0.29, 0.717) is 18.0 Å². The second-order valence-electron chi connectivity index (χ2n) is 3.99. The van der Waals surface area contributed by atoms with Crippen molar-refractivity contribution in [3.8, 4) is 5.88 Å². The Balaban J connectivity index is 2.04. The van der Waals surface area contributed by atoms with Gasteiger partial charge in [0.15, 0.2) is 0 Å². The lowest BCUT2D eigenvalue weighted by molar-refractivity contribution is 0.396. The van der Waals surface area contributed by atoms with Gasteiger partial charge in [0.05, 0.1) is 19.3 Å². The number of nitrogens with one attached hydrogen (secondary N) is 1. The summed E-state index contributed by atoms with van der Waals surface area (Å²) in [7, 11) is 1.58.